The van der Waals surface area contributed by atoms with Gasteiger partial charge in [-0.2, -0.15) is 0 Å². The highest BCUT2D eigenvalue weighted by atomic mass is 16.5. The first kappa shape index (κ1) is 15.7. The zero-order chi connectivity index (χ0) is 15.0. The van der Waals surface area contributed by atoms with Crippen LogP contribution in [0, 0.1) is 5.92 Å². The van der Waals surface area contributed by atoms with Crippen molar-refractivity contribution in [2.75, 3.05) is 26.5 Å². The number of nitrogen functional groups attached to an aromatic ring is 1. The van der Waals surface area contributed by atoms with E-state index in [1.165, 1.54) is 20.4 Å². The molecule has 0 saturated heterocycles. The summed E-state index contributed by atoms with van der Waals surface area (Å²) in [6.07, 6.45) is 1.95. The number of methoxy groups -OCH3 is 2. The lowest BCUT2D eigenvalue weighted by Crippen LogP contribution is -2.27. The highest BCUT2D eigenvalue weighted by molar-refractivity contribution is 6.09. The molecule has 0 atom stereocenters. The minimum atomic E-state index is -1.11. The van der Waals surface area contributed by atoms with Gasteiger partial charge in [0.2, 0.25) is 0 Å². The molecule has 1 aromatic carbocycles. The molecule has 0 aliphatic carbocycles. The van der Waals surface area contributed by atoms with Crippen molar-refractivity contribution in [3.8, 4) is 0 Å². The Morgan fingerprint density at radius 1 is 1.20 bits per heavy atom. The molecule has 0 saturated carbocycles. The van der Waals surface area contributed by atoms with Gasteiger partial charge in [0.1, 0.15) is 0 Å². The van der Waals surface area contributed by atoms with Crippen LogP contribution in [0.15, 0.2) is 29.3 Å². The average molecular weight is 278 g/mol. The lowest BCUT2D eigenvalue weighted by Gasteiger charge is -2.07. The second-order valence-electron chi connectivity index (χ2n) is 4.07. The van der Waals surface area contributed by atoms with Crippen LogP contribution in [0.4, 0.5) is 5.69 Å². The van der Waals surface area contributed by atoms with Crippen molar-refractivity contribution in [1.29, 1.82) is 0 Å². The summed E-state index contributed by atoms with van der Waals surface area (Å²) in [4.78, 5) is 26.8. The summed E-state index contributed by atoms with van der Waals surface area (Å²) < 4.78 is 9.04. The molecule has 6 nitrogen and oxygen atoms in total. The Morgan fingerprint density at radius 2 is 1.75 bits per heavy atom. The van der Waals surface area contributed by atoms with Crippen molar-refractivity contribution in [2.45, 2.75) is 6.42 Å². The van der Waals surface area contributed by atoms with Crippen molar-refractivity contribution in [3.05, 3.63) is 29.8 Å². The van der Waals surface area contributed by atoms with Gasteiger partial charge in [0.05, 0.1) is 14.2 Å². The summed E-state index contributed by atoms with van der Waals surface area (Å²) in [7, 11) is 2.42. The van der Waals surface area contributed by atoms with Crippen LogP contribution >= 0.6 is 0 Å². The molecule has 0 heterocycles. The van der Waals surface area contributed by atoms with Gasteiger partial charge in [-0.15, -0.1) is 0 Å². The summed E-state index contributed by atoms with van der Waals surface area (Å²) in [6, 6.07) is 7.43. The lowest BCUT2D eigenvalue weighted by molar-refractivity contribution is -0.154. The van der Waals surface area contributed by atoms with E-state index in [2.05, 4.69) is 14.5 Å². The van der Waals surface area contributed by atoms with E-state index in [1.54, 1.807) is 0 Å². The molecule has 6 heteroatoms. The zero-order valence-corrected chi connectivity index (χ0v) is 11.5. The van der Waals surface area contributed by atoms with E-state index in [0.717, 1.165) is 5.56 Å². The number of anilines is 1. The van der Waals surface area contributed by atoms with E-state index >= 15 is 0 Å². The number of carbonyl (C=O) groups is 2. The molecule has 1 rings (SSSR count). The van der Waals surface area contributed by atoms with E-state index in [9.17, 15) is 9.59 Å². The van der Waals surface area contributed by atoms with Crippen LogP contribution in [-0.4, -0.2) is 38.9 Å². The van der Waals surface area contributed by atoms with E-state index in [-0.39, 0.29) is 0 Å². The van der Waals surface area contributed by atoms with Crippen LogP contribution < -0.4 is 5.73 Å². The summed E-state index contributed by atoms with van der Waals surface area (Å²) in [5.41, 5.74) is 7.36. The molecule has 2 N–H and O–H groups in total. The number of benzene rings is 1. The van der Waals surface area contributed by atoms with Gasteiger partial charge in [0, 0.05) is 18.4 Å². The van der Waals surface area contributed by atoms with E-state index in [4.69, 9.17) is 5.73 Å². The molecular weight excluding hydrogens is 260 g/mol. The molecule has 0 amide bonds. The Labute approximate surface area is 117 Å². The molecule has 108 valence electrons. The Bertz CT molecular complexity index is 466. The molecule has 0 unspecified atom stereocenters. The third-order valence-corrected chi connectivity index (χ3v) is 2.67. The molecule has 1 aromatic rings. The second kappa shape index (κ2) is 7.93. The predicted octanol–water partition coefficient (Wildman–Crippen LogP) is 0.844. The number of hydrogen-bond donors (Lipinski definition) is 1. The largest absolute Gasteiger partial charge is 0.468 e. The molecule has 0 radical (unpaired) electrons. The SMILES string of the molecule is COC(=O)C(/C=N/CCc1ccc(N)cc1)C(=O)OC. The number of aliphatic imine (C=N–C) groups is 1. The summed E-state index contributed by atoms with van der Waals surface area (Å²) >= 11 is 0. The van der Waals surface area contributed by atoms with Gasteiger partial charge in [0.15, 0.2) is 5.92 Å². The lowest BCUT2D eigenvalue weighted by atomic mass is 10.1. The second-order valence-corrected chi connectivity index (χ2v) is 4.07. The van der Waals surface area contributed by atoms with Crippen molar-refractivity contribution in [1.82, 2.24) is 0 Å². The third kappa shape index (κ3) is 4.72. The topological polar surface area (TPSA) is 91.0 Å². The van der Waals surface area contributed by atoms with Gasteiger partial charge in [-0.25, -0.2) is 0 Å². The number of nitrogens with two attached hydrogens (primary N) is 1. The number of carbonyl (C=O) groups excluding carboxylic acids is 2. The summed E-state index contributed by atoms with van der Waals surface area (Å²) in [5, 5.41) is 0. The first-order chi connectivity index (χ1) is 9.58. The fourth-order valence-corrected chi connectivity index (χ4v) is 1.53. The van der Waals surface area contributed by atoms with Crippen LogP contribution in [0.5, 0.6) is 0 Å². The molecule has 20 heavy (non-hydrogen) atoms. The maximum absolute atomic E-state index is 11.4. The average Bonchev–Trinajstić information content (AvgIpc) is 2.47. The van der Waals surface area contributed by atoms with Gasteiger partial charge in [0.25, 0.3) is 0 Å². The maximum atomic E-state index is 11.4. The van der Waals surface area contributed by atoms with Crippen molar-refractivity contribution >= 4 is 23.8 Å². The zero-order valence-electron chi connectivity index (χ0n) is 11.5. The fraction of sp³-hybridized carbons (Fsp3) is 0.357. The summed E-state index contributed by atoms with van der Waals surface area (Å²) in [6.45, 7) is 0.453. The normalized spacial score (nSPS) is 10.8. The quantitative estimate of drug-likeness (QED) is 0.360. The molecule has 0 aliphatic heterocycles. The minimum Gasteiger partial charge on any atom is -0.468 e. The molecule has 0 bridgehead atoms. The first-order valence-corrected chi connectivity index (χ1v) is 6.08. The van der Waals surface area contributed by atoms with Crippen LogP contribution in [0.2, 0.25) is 0 Å². The molecule has 0 fully saturated rings. The number of esters is 2. The fourth-order valence-electron chi connectivity index (χ4n) is 1.53. The van der Waals surface area contributed by atoms with Crippen LogP contribution in [0.3, 0.4) is 0 Å². The molecule has 0 aromatic heterocycles. The minimum absolute atomic E-state index is 0.453. The Hall–Kier alpha value is -2.37. The Balaban J connectivity index is 2.54. The number of nitrogens with zero attached hydrogens (tertiary/aromatic N) is 1. The first-order valence-electron chi connectivity index (χ1n) is 6.08. The number of hydrogen-bond acceptors (Lipinski definition) is 6. The molecule has 0 spiro atoms. The van der Waals surface area contributed by atoms with Crippen molar-refractivity contribution < 1.29 is 19.1 Å². The van der Waals surface area contributed by atoms with E-state index in [1.807, 2.05) is 24.3 Å². The number of ether oxygens (including phenoxy) is 2. The van der Waals surface area contributed by atoms with Crippen molar-refractivity contribution in [3.63, 3.8) is 0 Å². The van der Waals surface area contributed by atoms with E-state index in [0.29, 0.717) is 18.7 Å². The molecular formula is C14H18N2O4. The maximum Gasteiger partial charge on any atom is 0.325 e. The monoisotopic (exact) mass is 278 g/mol. The predicted molar refractivity (Wildman–Crippen MR) is 75.4 cm³/mol. The van der Waals surface area contributed by atoms with Gasteiger partial charge in [-0.1, -0.05) is 12.1 Å². The van der Waals surface area contributed by atoms with Crippen LogP contribution in [-0.2, 0) is 25.5 Å². The summed E-state index contributed by atoms with van der Waals surface area (Å²) in [5.74, 6) is -2.49. The van der Waals surface area contributed by atoms with Gasteiger partial charge < -0.3 is 15.2 Å². The van der Waals surface area contributed by atoms with Gasteiger partial charge in [-0.3, -0.25) is 14.6 Å². The highest BCUT2D eigenvalue weighted by Crippen LogP contribution is 2.06. The van der Waals surface area contributed by atoms with Gasteiger partial charge in [-0.05, 0) is 24.1 Å². The van der Waals surface area contributed by atoms with E-state index < -0.39 is 17.9 Å². The van der Waals surface area contributed by atoms with Crippen LogP contribution in [0.1, 0.15) is 5.56 Å². The standard InChI is InChI=1S/C14H18N2O4/c1-19-13(17)12(14(18)20-2)9-16-8-7-10-3-5-11(15)6-4-10/h3-6,9,12H,7-8,15H2,1-2H3/b16-9+. The van der Waals surface area contributed by atoms with Gasteiger partial charge >= 0.3 is 11.9 Å². The Kier molecular flexibility index (Phi) is 6.22. The smallest absolute Gasteiger partial charge is 0.325 e. The van der Waals surface area contributed by atoms with Crippen molar-refractivity contribution in [2.24, 2.45) is 10.9 Å². The number of rotatable bonds is 6. The third-order valence-electron chi connectivity index (χ3n) is 2.67. The molecule has 0 aliphatic rings. The van der Waals surface area contributed by atoms with Crippen LogP contribution in [0.25, 0.3) is 0 Å². The highest BCUT2D eigenvalue weighted by Gasteiger charge is 2.26. The Morgan fingerprint density at radius 3 is 2.25 bits per heavy atom.